The molecule has 1 atom stereocenters. The van der Waals surface area contributed by atoms with Crippen LogP contribution < -0.4 is 4.90 Å². The second kappa shape index (κ2) is 11.6. The van der Waals surface area contributed by atoms with E-state index in [-0.39, 0.29) is 30.1 Å². The lowest BCUT2D eigenvalue weighted by molar-refractivity contribution is -0.151. The molecule has 33 heavy (non-hydrogen) atoms. The maximum atomic E-state index is 12.8. The standard InChI is InChI=1S/C27H34N2O4/c1-4-25(30)29(18-22-9-6-8-20(3)16-22)24-13-11-21(12-14-24)17-26(31)28-15-7-10-23(19-28)27(32)33-5-2/h6,8-9,11-14,16,23H,4-5,7,10,15,17-19H2,1-3H3. The average molecular weight is 451 g/mol. The monoisotopic (exact) mass is 450 g/mol. The van der Waals surface area contributed by atoms with Gasteiger partial charge in [0.1, 0.15) is 0 Å². The molecule has 0 aromatic heterocycles. The molecule has 0 N–H and O–H groups in total. The number of likely N-dealkylation sites (tertiary alicyclic amines) is 1. The molecule has 1 fully saturated rings. The quantitative estimate of drug-likeness (QED) is 0.563. The van der Waals surface area contributed by atoms with Crippen LogP contribution >= 0.6 is 0 Å². The van der Waals surface area contributed by atoms with E-state index in [4.69, 9.17) is 4.74 Å². The summed E-state index contributed by atoms with van der Waals surface area (Å²) < 4.78 is 5.13. The predicted octanol–water partition coefficient (Wildman–Crippen LogP) is 4.28. The van der Waals surface area contributed by atoms with Crippen LogP contribution in [0.25, 0.3) is 0 Å². The molecule has 0 bridgehead atoms. The normalized spacial score (nSPS) is 15.7. The lowest BCUT2D eigenvalue weighted by Gasteiger charge is -2.31. The van der Waals surface area contributed by atoms with Gasteiger partial charge in [-0.1, -0.05) is 48.9 Å². The van der Waals surface area contributed by atoms with Crippen LogP contribution in [0.4, 0.5) is 5.69 Å². The first-order valence-electron chi connectivity index (χ1n) is 11.8. The average Bonchev–Trinajstić information content (AvgIpc) is 2.83. The van der Waals surface area contributed by atoms with E-state index in [1.807, 2.05) is 56.3 Å². The SMILES string of the molecule is CCOC(=O)C1CCCN(C(=O)Cc2ccc(N(Cc3cccc(C)c3)C(=O)CC)cc2)C1. The van der Waals surface area contributed by atoms with Crippen molar-refractivity contribution in [3.63, 3.8) is 0 Å². The molecule has 1 unspecified atom stereocenters. The van der Waals surface area contributed by atoms with E-state index in [9.17, 15) is 14.4 Å². The van der Waals surface area contributed by atoms with Crippen molar-refractivity contribution in [3.05, 3.63) is 65.2 Å². The Hall–Kier alpha value is -3.15. The summed E-state index contributed by atoms with van der Waals surface area (Å²) in [5.41, 5.74) is 3.95. The van der Waals surface area contributed by atoms with Gasteiger partial charge in [0.25, 0.3) is 0 Å². The predicted molar refractivity (Wildman–Crippen MR) is 129 cm³/mol. The van der Waals surface area contributed by atoms with Crippen LogP contribution in [0.3, 0.4) is 0 Å². The second-order valence-corrected chi connectivity index (χ2v) is 8.60. The molecular weight excluding hydrogens is 416 g/mol. The first-order valence-corrected chi connectivity index (χ1v) is 11.8. The summed E-state index contributed by atoms with van der Waals surface area (Å²) in [6.07, 6.45) is 2.26. The zero-order valence-corrected chi connectivity index (χ0v) is 19.9. The number of hydrogen-bond acceptors (Lipinski definition) is 4. The Morgan fingerprint density at radius 1 is 1.06 bits per heavy atom. The maximum absolute atomic E-state index is 12.8. The zero-order chi connectivity index (χ0) is 23.8. The first kappa shape index (κ1) is 24.5. The van der Waals surface area contributed by atoms with Crippen LogP contribution in [-0.2, 0) is 32.1 Å². The van der Waals surface area contributed by atoms with Gasteiger partial charge in [-0.15, -0.1) is 0 Å². The largest absolute Gasteiger partial charge is 0.466 e. The number of anilines is 1. The minimum atomic E-state index is -0.236. The third kappa shape index (κ3) is 6.67. The summed E-state index contributed by atoms with van der Waals surface area (Å²) in [7, 11) is 0. The highest BCUT2D eigenvalue weighted by Crippen LogP contribution is 2.22. The molecule has 2 amide bonds. The van der Waals surface area contributed by atoms with Crippen molar-refractivity contribution >= 4 is 23.5 Å². The fourth-order valence-electron chi connectivity index (χ4n) is 4.24. The van der Waals surface area contributed by atoms with Crippen LogP contribution in [0.1, 0.15) is 49.8 Å². The van der Waals surface area contributed by atoms with E-state index >= 15 is 0 Å². The Kier molecular flexibility index (Phi) is 8.64. The van der Waals surface area contributed by atoms with Crippen molar-refractivity contribution in [2.24, 2.45) is 5.92 Å². The van der Waals surface area contributed by atoms with Crippen molar-refractivity contribution in [2.75, 3.05) is 24.6 Å². The minimum absolute atomic E-state index is 0.0120. The van der Waals surface area contributed by atoms with Gasteiger partial charge >= 0.3 is 5.97 Å². The highest BCUT2D eigenvalue weighted by molar-refractivity contribution is 5.93. The molecule has 1 saturated heterocycles. The molecule has 0 radical (unpaired) electrons. The summed E-state index contributed by atoms with van der Waals surface area (Å²) >= 11 is 0. The van der Waals surface area contributed by atoms with Crippen molar-refractivity contribution in [1.29, 1.82) is 0 Å². The van der Waals surface area contributed by atoms with Gasteiger partial charge in [-0.3, -0.25) is 14.4 Å². The molecule has 0 spiro atoms. The molecule has 0 saturated carbocycles. The van der Waals surface area contributed by atoms with Crippen LogP contribution in [0, 0.1) is 12.8 Å². The molecule has 0 aliphatic carbocycles. The number of amides is 2. The molecule has 2 aromatic carbocycles. The van der Waals surface area contributed by atoms with E-state index in [1.165, 1.54) is 0 Å². The van der Waals surface area contributed by atoms with Crippen LogP contribution in [0.15, 0.2) is 48.5 Å². The van der Waals surface area contributed by atoms with Crippen molar-refractivity contribution < 1.29 is 19.1 Å². The van der Waals surface area contributed by atoms with Gasteiger partial charge in [0, 0.05) is 25.2 Å². The third-order valence-corrected chi connectivity index (χ3v) is 6.02. The highest BCUT2D eigenvalue weighted by Gasteiger charge is 2.29. The van der Waals surface area contributed by atoms with E-state index in [0.717, 1.165) is 35.2 Å². The molecule has 1 aliphatic rings. The highest BCUT2D eigenvalue weighted by atomic mass is 16.5. The van der Waals surface area contributed by atoms with E-state index in [0.29, 0.717) is 32.7 Å². The molecule has 6 heteroatoms. The van der Waals surface area contributed by atoms with Crippen LogP contribution in [0.2, 0.25) is 0 Å². The van der Waals surface area contributed by atoms with E-state index in [1.54, 1.807) is 16.7 Å². The maximum Gasteiger partial charge on any atom is 0.310 e. The summed E-state index contributed by atoms with van der Waals surface area (Å²) in [6, 6.07) is 15.8. The van der Waals surface area contributed by atoms with Crippen LogP contribution in [0.5, 0.6) is 0 Å². The summed E-state index contributed by atoms with van der Waals surface area (Å²) in [6.45, 7) is 7.66. The lowest BCUT2D eigenvalue weighted by atomic mass is 9.97. The Labute approximate surface area is 196 Å². The number of esters is 1. The fourth-order valence-corrected chi connectivity index (χ4v) is 4.24. The Morgan fingerprint density at radius 2 is 1.82 bits per heavy atom. The van der Waals surface area contributed by atoms with Crippen molar-refractivity contribution in [3.8, 4) is 0 Å². The molecule has 6 nitrogen and oxygen atoms in total. The van der Waals surface area contributed by atoms with Crippen molar-refractivity contribution in [2.45, 2.75) is 53.0 Å². The van der Waals surface area contributed by atoms with E-state index < -0.39 is 0 Å². The lowest BCUT2D eigenvalue weighted by Crippen LogP contribution is -2.43. The zero-order valence-electron chi connectivity index (χ0n) is 19.9. The molecule has 1 heterocycles. The minimum Gasteiger partial charge on any atom is -0.466 e. The van der Waals surface area contributed by atoms with Crippen LogP contribution in [-0.4, -0.2) is 42.4 Å². The number of aryl methyl sites for hydroxylation is 1. The summed E-state index contributed by atoms with van der Waals surface area (Å²) in [5.74, 6) is -0.384. The number of ether oxygens (including phenoxy) is 1. The van der Waals surface area contributed by atoms with Gasteiger partial charge in [0.15, 0.2) is 0 Å². The van der Waals surface area contributed by atoms with Crippen molar-refractivity contribution in [1.82, 2.24) is 4.90 Å². The fraction of sp³-hybridized carbons (Fsp3) is 0.444. The molecular formula is C27H34N2O4. The van der Waals surface area contributed by atoms with Gasteiger partial charge in [0.05, 0.1) is 25.5 Å². The topological polar surface area (TPSA) is 66.9 Å². The number of piperidine rings is 1. The smallest absolute Gasteiger partial charge is 0.310 e. The Bertz CT molecular complexity index is 970. The van der Waals surface area contributed by atoms with Gasteiger partial charge in [-0.2, -0.15) is 0 Å². The number of carbonyl (C=O) groups is 3. The Balaban J connectivity index is 1.66. The van der Waals surface area contributed by atoms with E-state index in [2.05, 4.69) is 6.07 Å². The molecule has 2 aromatic rings. The van der Waals surface area contributed by atoms with Gasteiger partial charge in [0.2, 0.25) is 11.8 Å². The number of hydrogen-bond donors (Lipinski definition) is 0. The number of nitrogens with zero attached hydrogens (tertiary/aromatic N) is 2. The number of benzene rings is 2. The molecule has 176 valence electrons. The Morgan fingerprint density at radius 3 is 2.48 bits per heavy atom. The molecule has 1 aliphatic heterocycles. The van der Waals surface area contributed by atoms with Gasteiger partial charge < -0.3 is 14.5 Å². The summed E-state index contributed by atoms with van der Waals surface area (Å²) in [4.78, 5) is 41.1. The first-order chi connectivity index (χ1) is 15.9. The third-order valence-electron chi connectivity index (χ3n) is 6.02. The molecule has 3 rings (SSSR count). The summed E-state index contributed by atoms with van der Waals surface area (Å²) in [5, 5.41) is 0. The number of carbonyl (C=O) groups excluding carboxylic acids is 3. The van der Waals surface area contributed by atoms with Gasteiger partial charge in [-0.25, -0.2) is 0 Å². The number of rotatable bonds is 8. The van der Waals surface area contributed by atoms with Gasteiger partial charge in [-0.05, 0) is 49.9 Å². The second-order valence-electron chi connectivity index (χ2n) is 8.60.